The van der Waals surface area contributed by atoms with Crippen molar-refractivity contribution in [2.24, 2.45) is 0 Å². The second-order valence-electron chi connectivity index (χ2n) is 4.75. The molecule has 0 heterocycles. The van der Waals surface area contributed by atoms with E-state index in [0.717, 1.165) is 17.2 Å². The molecular weight excluding hydrogens is 252 g/mol. The summed E-state index contributed by atoms with van der Waals surface area (Å²) in [5, 5.41) is 0. The number of hydrogen-bond acceptors (Lipinski definition) is 3. The number of hydrogen-bond donors (Lipinski definition) is 0. The van der Waals surface area contributed by atoms with Gasteiger partial charge in [0, 0.05) is 6.92 Å². The highest BCUT2D eigenvalue weighted by atomic mass is 16.7. The molecule has 3 nitrogen and oxygen atoms in total. The number of para-hydroxylation sites is 1. The Bertz CT molecular complexity index is 506. The van der Waals surface area contributed by atoms with Crippen LogP contribution in [0.1, 0.15) is 20.8 Å². The summed E-state index contributed by atoms with van der Waals surface area (Å²) < 4.78 is 16.9. The smallest absolute Gasteiger partial charge is 0.238 e. The van der Waals surface area contributed by atoms with E-state index in [1.165, 1.54) is 0 Å². The number of rotatable bonds is 6. The molecule has 1 unspecified atom stereocenters. The van der Waals surface area contributed by atoms with Crippen molar-refractivity contribution in [3.05, 3.63) is 54.6 Å². The van der Waals surface area contributed by atoms with Crippen LogP contribution in [0.25, 0.3) is 0 Å². The van der Waals surface area contributed by atoms with Gasteiger partial charge in [-0.1, -0.05) is 18.2 Å². The third-order valence-corrected chi connectivity index (χ3v) is 2.54. The Morgan fingerprint density at radius 3 is 1.55 bits per heavy atom. The normalized spacial score (nSPS) is 12.0. The van der Waals surface area contributed by atoms with Crippen molar-refractivity contribution in [2.45, 2.75) is 33.2 Å². The lowest BCUT2D eigenvalue weighted by Crippen LogP contribution is -2.19. The van der Waals surface area contributed by atoms with Gasteiger partial charge in [-0.2, -0.15) is 0 Å². The zero-order valence-corrected chi connectivity index (χ0v) is 12.1. The van der Waals surface area contributed by atoms with Crippen LogP contribution in [0.2, 0.25) is 0 Å². The van der Waals surface area contributed by atoms with Crippen LogP contribution in [0.3, 0.4) is 0 Å². The Balaban J connectivity index is 1.89. The lowest BCUT2D eigenvalue weighted by Gasteiger charge is -2.17. The molecular formula is C17H20O3. The molecule has 1 atom stereocenters. The molecule has 106 valence electrons. The van der Waals surface area contributed by atoms with Gasteiger partial charge in [0.2, 0.25) is 6.29 Å². The number of ether oxygens (including phenoxy) is 3. The maximum Gasteiger partial charge on any atom is 0.238 e. The van der Waals surface area contributed by atoms with Crippen molar-refractivity contribution in [1.29, 1.82) is 0 Å². The van der Waals surface area contributed by atoms with Crippen LogP contribution in [0.15, 0.2) is 54.6 Å². The fourth-order valence-corrected chi connectivity index (χ4v) is 1.78. The molecule has 0 aromatic heterocycles. The molecule has 0 amide bonds. The van der Waals surface area contributed by atoms with Gasteiger partial charge in [0.1, 0.15) is 17.2 Å². The molecule has 0 radical (unpaired) electrons. The van der Waals surface area contributed by atoms with Crippen molar-refractivity contribution in [2.75, 3.05) is 0 Å². The quantitative estimate of drug-likeness (QED) is 0.735. The zero-order chi connectivity index (χ0) is 14.4. The highest BCUT2D eigenvalue weighted by molar-refractivity contribution is 5.31. The second-order valence-corrected chi connectivity index (χ2v) is 4.75. The largest absolute Gasteiger partial charge is 0.491 e. The lowest BCUT2D eigenvalue weighted by atomic mass is 10.3. The summed E-state index contributed by atoms with van der Waals surface area (Å²) >= 11 is 0. The van der Waals surface area contributed by atoms with E-state index in [4.69, 9.17) is 14.2 Å². The molecule has 0 spiro atoms. The molecule has 3 heteroatoms. The Hall–Kier alpha value is -2.16. The van der Waals surface area contributed by atoms with Crippen LogP contribution in [0.5, 0.6) is 17.2 Å². The van der Waals surface area contributed by atoms with Gasteiger partial charge in [0.25, 0.3) is 0 Å². The molecule has 2 aromatic carbocycles. The number of benzene rings is 2. The molecule has 0 aliphatic carbocycles. The first-order chi connectivity index (χ1) is 9.63. The van der Waals surface area contributed by atoms with Crippen molar-refractivity contribution < 1.29 is 14.2 Å². The third kappa shape index (κ3) is 4.50. The van der Waals surface area contributed by atoms with E-state index in [0.29, 0.717) is 0 Å². The molecule has 0 saturated heterocycles. The Labute approximate surface area is 120 Å². The van der Waals surface area contributed by atoms with E-state index in [-0.39, 0.29) is 12.4 Å². The fourth-order valence-electron chi connectivity index (χ4n) is 1.78. The van der Waals surface area contributed by atoms with Crippen LogP contribution < -0.4 is 14.2 Å². The van der Waals surface area contributed by atoms with Gasteiger partial charge in [0.15, 0.2) is 0 Å². The zero-order valence-electron chi connectivity index (χ0n) is 12.1. The Morgan fingerprint density at radius 1 is 0.600 bits per heavy atom. The Kier molecular flexibility index (Phi) is 4.88. The second kappa shape index (κ2) is 6.85. The fraction of sp³-hybridized carbons (Fsp3) is 0.294. The summed E-state index contributed by atoms with van der Waals surface area (Å²) in [6.07, 6.45) is -0.184. The van der Waals surface area contributed by atoms with Gasteiger partial charge < -0.3 is 14.2 Å². The first-order valence-electron chi connectivity index (χ1n) is 6.78. The standard InChI is InChI=1S/C17H20O3/c1-13(2)18-16-9-11-17(12-10-16)20-14(3)19-15-7-5-4-6-8-15/h4-14H,1-3H3. The van der Waals surface area contributed by atoms with E-state index in [1.807, 2.05) is 75.4 Å². The molecule has 20 heavy (non-hydrogen) atoms. The molecule has 0 saturated carbocycles. The minimum atomic E-state index is -0.353. The molecule has 2 rings (SSSR count). The summed E-state index contributed by atoms with van der Waals surface area (Å²) in [7, 11) is 0. The minimum absolute atomic E-state index is 0.169. The molecule has 0 N–H and O–H groups in total. The van der Waals surface area contributed by atoms with Crippen LogP contribution in [-0.2, 0) is 0 Å². The van der Waals surface area contributed by atoms with Gasteiger partial charge in [0.05, 0.1) is 6.10 Å². The SMILES string of the molecule is CC(C)Oc1ccc(OC(C)Oc2ccccc2)cc1. The van der Waals surface area contributed by atoms with E-state index in [9.17, 15) is 0 Å². The van der Waals surface area contributed by atoms with Crippen LogP contribution in [0, 0.1) is 0 Å². The monoisotopic (exact) mass is 272 g/mol. The Morgan fingerprint density at radius 2 is 1.05 bits per heavy atom. The maximum absolute atomic E-state index is 5.70. The average molecular weight is 272 g/mol. The third-order valence-electron chi connectivity index (χ3n) is 2.54. The summed E-state index contributed by atoms with van der Waals surface area (Å²) in [5.74, 6) is 2.38. The highest BCUT2D eigenvalue weighted by Gasteiger charge is 2.06. The topological polar surface area (TPSA) is 27.7 Å². The van der Waals surface area contributed by atoms with Crippen molar-refractivity contribution in [1.82, 2.24) is 0 Å². The average Bonchev–Trinajstić information content (AvgIpc) is 2.41. The molecule has 2 aromatic rings. The summed E-state index contributed by atoms with van der Waals surface area (Å²) in [6.45, 7) is 5.87. The van der Waals surface area contributed by atoms with Crippen LogP contribution >= 0.6 is 0 Å². The summed E-state index contributed by atoms with van der Waals surface area (Å²) in [6, 6.07) is 17.2. The molecule has 0 aliphatic heterocycles. The predicted molar refractivity (Wildman–Crippen MR) is 79.4 cm³/mol. The minimum Gasteiger partial charge on any atom is -0.491 e. The first-order valence-corrected chi connectivity index (χ1v) is 6.78. The van der Waals surface area contributed by atoms with Gasteiger partial charge in [-0.05, 0) is 50.2 Å². The summed E-state index contributed by atoms with van der Waals surface area (Å²) in [5.41, 5.74) is 0. The van der Waals surface area contributed by atoms with Crippen molar-refractivity contribution in [3.63, 3.8) is 0 Å². The van der Waals surface area contributed by atoms with E-state index >= 15 is 0 Å². The van der Waals surface area contributed by atoms with Gasteiger partial charge in [-0.15, -0.1) is 0 Å². The van der Waals surface area contributed by atoms with Gasteiger partial charge in [-0.3, -0.25) is 0 Å². The first kappa shape index (κ1) is 14.3. The van der Waals surface area contributed by atoms with E-state index in [2.05, 4.69) is 0 Å². The lowest BCUT2D eigenvalue weighted by molar-refractivity contribution is 0.0222. The van der Waals surface area contributed by atoms with Gasteiger partial charge in [-0.25, -0.2) is 0 Å². The summed E-state index contributed by atoms with van der Waals surface area (Å²) in [4.78, 5) is 0. The molecule has 0 aliphatic rings. The molecule has 0 fully saturated rings. The maximum atomic E-state index is 5.70. The molecule has 0 bridgehead atoms. The van der Waals surface area contributed by atoms with E-state index in [1.54, 1.807) is 0 Å². The van der Waals surface area contributed by atoms with Gasteiger partial charge >= 0.3 is 0 Å². The highest BCUT2D eigenvalue weighted by Crippen LogP contribution is 2.20. The van der Waals surface area contributed by atoms with Crippen molar-refractivity contribution >= 4 is 0 Å². The van der Waals surface area contributed by atoms with Crippen molar-refractivity contribution in [3.8, 4) is 17.2 Å². The van der Waals surface area contributed by atoms with E-state index < -0.39 is 0 Å². The predicted octanol–water partition coefficient (Wildman–Crippen LogP) is 4.28. The van der Waals surface area contributed by atoms with Crippen LogP contribution in [-0.4, -0.2) is 12.4 Å². The van der Waals surface area contributed by atoms with Crippen LogP contribution in [0.4, 0.5) is 0 Å².